The number of fused-ring (bicyclic) bond motifs is 15. The Bertz CT molecular complexity index is 4540. The smallest absolute Gasteiger partial charge is 0.407 e. The number of amides is 3. The topological polar surface area (TPSA) is 290 Å². The van der Waals surface area contributed by atoms with Crippen molar-refractivity contribution in [3.8, 4) is 29.4 Å². The molecule has 0 bridgehead atoms. The quantitative estimate of drug-likeness (QED) is 0.0844. The van der Waals surface area contributed by atoms with Gasteiger partial charge in [-0.3, -0.25) is 15.0 Å². The summed E-state index contributed by atoms with van der Waals surface area (Å²) < 4.78 is 37.6. The molecule has 472 valence electrons. The summed E-state index contributed by atoms with van der Waals surface area (Å²) in [7, 11) is 0. The van der Waals surface area contributed by atoms with E-state index >= 15 is 0 Å². The molecule has 9 aliphatic rings. The number of nitrogens with one attached hydrogen (secondary N) is 3. The summed E-state index contributed by atoms with van der Waals surface area (Å²) in [4.78, 5) is 50.1. The minimum Gasteiger partial charge on any atom is -0.476 e. The lowest BCUT2D eigenvalue weighted by Gasteiger charge is -2.40. The van der Waals surface area contributed by atoms with Gasteiger partial charge in [0.1, 0.15) is 34.3 Å². The molecule has 6 fully saturated rings. The summed E-state index contributed by atoms with van der Waals surface area (Å²) in [5.41, 5.74) is -2.99. The Labute approximate surface area is 564 Å². The molecule has 24 heteroatoms. The first-order valence-corrected chi connectivity index (χ1v) is 31.9. The lowest BCUT2D eigenvalue weighted by Crippen LogP contribution is -2.53. The highest BCUT2D eigenvalue weighted by Gasteiger charge is 2.83. The van der Waals surface area contributed by atoms with Gasteiger partial charge in [-0.05, 0) is 69.8 Å². The largest absolute Gasteiger partial charge is 0.476 e. The number of alkyl carbamates (subject to hydrolysis) is 3. The molecular formula is C71H48BrCl3N8O12. The first-order chi connectivity index (χ1) is 45.9. The molecule has 6 N–H and O–H groups in total. The summed E-state index contributed by atoms with van der Waals surface area (Å²) in [5.74, 6) is -0.472. The number of nitrogens with zero attached hydrogens (tertiary/aromatic N) is 5. The summed E-state index contributed by atoms with van der Waals surface area (Å²) in [5, 5.41) is 65.5. The highest BCUT2D eigenvalue weighted by Crippen LogP contribution is 2.71. The van der Waals surface area contributed by atoms with Gasteiger partial charge in [0.2, 0.25) is 0 Å². The molecule has 6 aromatic carbocycles. The molecule has 3 saturated carbocycles. The molecule has 95 heavy (non-hydrogen) atoms. The summed E-state index contributed by atoms with van der Waals surface area (Å²) in [6.45, 7) is 0. The van der Waals surface area contributed by atoms with E-state index < -0.39 is 106 Å². The summed E-state index contributed by atoms with van der Waals surface area (Å²) in [6, 6.07) is 57.5. The van der Waals surface area contributed by atoms with Crippen molar-refractivity contribution in [1.82, 2.24) is 30.9 Å². The highest BCUT2D eigenvalue weighted by molar-refractivity contribution is 9.10. The molecule has 9 heterocycles. The molecule has 3 aliphatic carbocycles. The first-order valence-electron chi connectivity index (χ1n) is 30.0. The van der Waals surface area contributed by atoms with Crippen LogP contribution in [0.25, 0.3) is 0 Å². The zero-order chi connectivity index (χ0) is 65.6. The Balaban J connectivity index is 0.000000112. The van der Waals surface area contributed by atoms with Crippen molar-refractivity contribution in [2.75, 3.05) is 0 Å². The second-order valence-corrected chi connectivity index (χ2v) is 26.6. The van der Waals surface area contributed by atoms with Gasteiger partial charge >= 0.3 is 18.3 Å². The summed E-state index contributed by atoms with van der Waals surface area (Å²) >= 11 is 22.0. The second kappa shape index (κ2) is 21.9. The molecule has 9 aromatic rings. The van der Waals surface area contributed by atoms with Gasteiger partial charge in [0.05, 0.1) is 74.2 Å². The van der Waals surface area contributed by atoms with Crippen LogP contribution in [0.5, 0.6) is 17.2 Å². The van der Waals surface area contributed by atoms with E-state index in [1.165, 1.54) is 18.6 Å². The molecule has 18 rings (SSSR count). The van der Waals surface area contributed by atoms with Gasteiger partial charge in [-0.15, -0.1) is 0 Å². The van der Waals surface area contributed by atoms with Gasteiger partial charge in [-0.2, -0.15) is 10.5 Å². The third-order valence-corrected chi connectivity index (χ3v) is 21.0. The van der Waals surface area contributed by atoms with Gasteiger partial charge in [0, 0.05) is 41.3 Å². The number of pyridine rings is 3. The standard InChI is InChI=1S/2C24H16ClN3O4.C23H16BrClN2O4/c2*25-16-10-17-20(27-12-16)23(30)21-19(28-22(29)31-21)18(14-4-2-1-3-5-14)24(23,32-17)15-8-6-13(11-26)7-9-15;24-14-8-6-13(7-9-14)23-17(12-4-2-1-3-5-12)18-20(30-21(28)27-18)22(23,29)19-16(31-23)10-15(25)11-26-19/h2*1-10,12,18-19,21,30H,(H,28,29);1-11,17-18,20,29H,(H,27,28)/t2*18-,19-,21-,23+,24+;17-,18-,20-,22+,23+/m111/s1. The Morgan fingerprint density at radius 2 is 0.695 bits per heavy atom. The predicted octanol–water partition coefficient (Wildman–Crippen LogP) is 11.0. The Morgan fingerprint density at radius 3 is 0.968 bits per heavy atom. The molecular weight excluding hydrogens is 1340 g/mol. The fourth-order valence-electron chi connectivity index (χ4n) is 16.4. The maximum absolute atomic E-state index is 12.4. The Morgan fingerprint density at radius 1 is 0.421 bits per heavy atom. The first kappa shape index (κ1) is 60.2. The average Bonchev–Trinajstić information content (AvgIpc) is 1.51. The van der Waals surface area contributed by atoms with Gasteiger partial charge in [0.25, 0.3) is 0 Å². The number of benzene rings is 6. The van der Waals surface area contributed by atoms with E-state index in [1.807, 2.05) is 115 Å². The minimum atomic E-state index is -1.80. The van der Waals surface area contributed by atoms with E-state index in [-0.39, 0.29) is 11.4 Å². The number of hydrogen-bond donors (Lipinski definition) is 6. The molecule has 0 radical (unpaired) electrons. The number of rotatable bonds is 6. The van der Waals surface area contributed by atoms with Crippen LogP contribution in [0, 0.1) is 22.7 Å². The third-order valence-electron chi connectivity index (χ3n) is 19.8. The van der Waals surface area contributed by atoms with Gasteiger partial charge in [0.15, 0.2) is 51.9 Å². The normalized spacial score (nSPS) is 31.8. The molecule has 3 aromatic heterocycles. The number of carbonyl (C=O) groups excluding carboxylic acids is 3. The van der Waals surface area contributed by atoms with Crippen molar-refractivity contribution in [3.63, 3.8) is 0 Å². The zero-order valence-corrected chi connectivity index (χ0v) is 52.9. The third kappa shape index (κ3) is 8.34. The van der Waals surface area contributed by atoms with E-state index in [0.717, 1.165) is 26.7 Å². The Hall–Kier alpha value is -9.81. The number of hydrogen-bond acceptors (Lipinski definition) is 17. The van der Waals surface area contributed by atoms with Crippen LogP contribution in [-0.2, 0) is 47.8 Å². The lowest BCUT2D eigenvalue weighted by molar-refractivity contribution is -0.148. The fraction of sp³-hybridized carbons (Fsp3) is 0.211. The van der Waals surface area contributed by atoms with Crippen LogP contribution in [0.3, 0.4) is 0 Å². The van der Waals surface area contributed by atoms with E-state index in [9.17, 15) is 40.2 Å². The molecule has 3 saturated heterocycles. The highest BCUT2D eigenvalue weighted by atomic mass is 79.9. The van der Waals surface area contributed by atoms with Crippen molar-refractivity contribution in [3.05, 3.63) is 282 Å². The maximum Gasteiger partial charge on any atom is 0.407 e. The number of carbonyl (C=O) groups is 3. The van der Waals surface area contributed by atoms with E-state index in [1.54, 1.807) is 66.7 Å². The molecule has 0 spiro atoms. The van der Waals surface area contributed by atoms with Crippen molar-refractivity contribution in [2.45, 2.75) is 87.8 Å². The van der Waals surface area contributed by atoms with Crippen LogP contribution in [0.1, 0.15) is 79.3 Å². The number of aromatic nitrogens is 3. The maximum atomic E-state index is 12.4. The number of ether oxygens (including phenoxy) is 6. The minimum absolute atomic E-state index is 0.260. The van der Waals surface area contributed by atoms with Crippen LogP contribution in [0.15, 0.2) is 205 Å². The fourth-order valence-corrected chi connectivity index (χ4v) is 17.1. The number of aliphatic hydroxyl groups is 3. The predicted molar refractivity (Wildman–Crippen MR) is 342 cm³/mol. The van der Waals surface area contributed by atoms with Crippen LogP contribution >= 0.6 is 50.7 Å². The van der Waals surface area contributed by atoms with Crippen LogP contribution in [0.2, 0.25) is 15.1 Å². The van der Waals surface area contributed by atoms with Crippen LogP contribution in [-0.4, -0.2) is 85.0 Å². The van der Waals surface area contributed by atoms with Crippen LogP contribution < -0.4 is 30.2 Å². The van der Waals surface area contributed by atoms with Crippen molar-refractivity contribution in [2.24, 2.45) is 0 Å². The van der Waals surface area contributed by atoms with Gasteiger partial charge in [-0.25, -0.2) is 14.4 Å². The Kier molecular flexibility index (Phi) is 13.9. The molecule has 3 amide bonds. The second-order valence-electron chi connectivity index (χ2n) is 24.4. The van der Waals surface area contributed by atoms with E-state index in [4.69, 9.17) is 63.2 Å². The SMILES string of the molecule is N#Cc1ccc([C@@]23Oc4cc(Cl)cnc4[C@]2(O)[C@@H]2OC(=O)N[C@@H]2[C@H]3c2ccccc2)cc1.N#Cc1ccc([C@@]23Oc4cc(Cl)cnc4[C@]2(O)[C@@H]2OC(=O)N[C@@H]2[C@H]3c2ccccc2)cc1.O=C1N[C@H]2[C@@H](O1)[C@@]1(O)c3ncc(Cl)cc3O[C@@]1(c1ccc(Br)cc1)[C@@H]2c1ccccc1. The average molecular weight is 1390 g/mol. The van der Waals surface area contributed by atoms with Crippen molar-refractivity contribution >= 4 is 69.0 Å². The number of halogens is 4. The number of nitriles is 2. The summed E-state index contributed by atoms with van der Waals surface area (Å²) in [6.07, 6.45) is -0.252. The monoisotopic (exact) mass is 1390 g/mol. The van der Waals surface area contributed by atoms with Gasteiger partial charge < -0.3 is 59.7 Å². The molecule has 20 nitrogen and oxygen atoms in total. The zero-order valence-electron chi connectivity index (χ0n) is 49.0. The lowest BCUT2D eigenvalue weighted by atomic mass is 9.72. The van der Waals surface area contributed by atoms with Crippen molar-refractivity contribution in [1.29, 1.82) is 10.5 Å². The van der Waals surface area contributed by atoms with Crippen molar-refractivity contribution < 1.29 is 58.1 Å². The van der Waals surface area contributed by atoms with Crippen LogP contribution in [0.4, 0.5) is 14.4 Å². The van der Waals surface area contributed by atoms with Gasteiger partial charge in [-0.1, -0.05) is 178 Å². The van der Waals surface area contributed by atoms with E-state index in [0.29, 0.717) is 60.3 Å². The molecule has 15 atom stereocenters. The van der Waals surface area contributed by atoms with E-state index in [2.05, 4.69) is 59.0 Å². The molecule has 6 aliphatic heterocycles. The molecule has 0 unspecified atom stereocenters.